The summed E-state index contributed by atoms with van der Waals surface area (Å²) in [7, 11) is 0. The minimum atomic E-state index is -0.434. The van der Waals surface area contributed by atoms with Crippen molar-refractivity contribution >= 4 is 5.82 Å². The van der Waals surface area contributed by atoms with Crippen LogP contribution in [0.5, 0.6) is 0 Å². The van der Waals surface area contributed by atoms with E-state index in [2.05, 4.69) is 23.7 Å². The van der Waals surface area contributed by atoms with Gasteiger partial charge in [-0.2, -0.15) is 0 Å². The van der Waals surface area contributed by atoms with Gasteiger partial charge in [-0.15, -0.1) is 0 Å². The second-order valence-electron chi connectivity index (χ2n) is 5.27. The van der Waals surface area contributed by atoms with Crippen LogP contribution in [0, 0.1) is 5.92 Å². The van der Waals surface area contributed by atoms with Gasteiger partial charge in [0.2, 0.25) is 0 Å². The zero-order valence-corrected chi connectivity index (χ0v) is 10.9. The first kappa shape index (κ1) is 12.4. The van der Waals surface area contributed by atoms with Crippen molar-refractivity contribution in [2.24, 2.45) is 5.92 Å². The molecule has 0 amide bonds. The van der Waals surface area contributed by atoms with Crippen LogP contribution in [0.1, 0.15) is 45.3 Å². The van der Waals surface area contributed by atoms with Crippen LogP contribution in [0.3, 0.4) is 0 Å². The van der Waals surface area contributed by atoms with Crippen molar-refractivity contribution in [2.45, 2.75) is 45.8 Å². The third-order valence-electron chi connectivity index (χ3n) is 3.62. The van der Waals surface area contributed by atoms with Gasteiger partial charge >= 0.3 is 0 Å². The lowest BCUT2D eigenvalue weighted by Gasteiger charge is -2.28. The molecule has 0 aromatic carbocycles. The summed E-state index contributed by atoms with van der Waals surface area (Å²) < 4.78 is 0. The van der Waals surface area contributed by atoms with Crippen LogP contribution in [0.2, 0.25) is 0 Å². The Kier molecular flexibility index (Phi) is 3.67. The fraction of sp³-hybridized carbons (Fsp3) is 0.643. The summed E-state index contributed by atoms with van der Waals surface area (Å²) in [5.41, 5.74) is 0.883. The highest BCUT2D eigenvalue weighted by Gasteiger charge is 2.27. The third kappa shape index (κ3) is 2.60. The molecule has 2 atom stereocenters. The average Bonchev–Trinajstić information content (AvgIpc) is 2.78. The summed E-state index contributed by atoms with van der Waals surface area (Å²) in [6.45, 7) is 7.41. The molecule has 0 spiro atoms. The molecule has 2 rings (SSSR count). The highest BCUT2D eigenvalue weighted by Crippen LogP contribution is 2.28. The smallest absolute Gasteiger partial charge is 0.128 e. The predicted molar refractivity (Wildman–Crippen MR) is 70.1 cm³/mol. The predicted octanol–water partition coefficient (Wildman–Crippen LogP) is 2.76. The van der Waals surface area contributed by atoms with Gasteiger partial charge < -0.3 is 10.0 Å². The largest absolute Gasteiger partial charge is 0.389 e. The fourth-order valence-electron chi connectivity index (χ4n) is 2.58. The Morgan fingerprint density at radius 1 is 1.35 bits per heavy atom. The van der Waals surface area contributed by atoms with Gasteiger partial charge in [-0.3, -0.25) is 0 Å². The Morgan fingerprint density at radius 2 is 2.12 bits per heavy atom. The minimum Gasteiger partial charge on any atom is -0.389 e. The first-order valence-electron chi connectivity index (χ1n) is 6.50. The molecule has 1 aliphatic rings. The molecule has 1 N–H and O–H groups in total. The molecule has 0 radical (unpaired) electrons. The molecular formula is C14H22N2O. The van der Waals surface area contributed by atoms with E-state index in [1.807, 2.05) is 12.1 Å². The Balaban J connectivity index is 2.16. The fourth-order valence-corrected chi connectivity index (χ4v) is 2.58. The molecule has 0 aliphatic carbocycles. The van der Waals surface area contributed by atoms with Crippen molar-refractivity contribution < 1.29 is 5.11 Å². The molecular weight excluding hydrogens is 212 g/mol. The van der Waals surface area contributed by atoms with E-state index in [0.717, 1.165) is 17.9 Å². The molecule has 0 saturated carbocycles. The van der Waals surface area contributed by atoms with Gasteiger partial charge in [-0.05, 0) is 37.3 Å². The van der Waals surface area contributed by atoms with E-state index in [4.69, 9.17) is 0 Å². The van der Waals surface area contributed by atoms with E-state index in [-0.39, 0.29) is 0 Å². The van der Waals surface area contributed by atoms with E-state index in [0.29, 0.717) is 12.0 Å². The highest BCUT2D eigenvalue weighted by molar-refractivity contribution is 5.42. The number of aromatic nitrogens is 1. The molecule has 2 heterocycles. The van der Waals surface area contributed by atoms with E-state index in [1.165, 1.54) is 12.8 Å². The summed E-state index contributed by atoms with van der Waals surface area (Å²) in [5, 5.41) is 9.47. The van der Waals surface area contributed by atoms with Crippen LogP contribution in [-0.4, -0.2) is 22.7 Å². The van der Waals surface area contributed by atoms with Gasteiger partial charge in [0.25, 0.3) is 0 Å². The number of nitrogens with zero attached hydrogens (tertiary/aromatic N) is 2. The van der Waals surface area contributed by atoms with Crippen LogP contribution in [0.15, 0.2) is 18.3 Å². The zero-order valence-electron chi connectivity index (χ0n) is 10.9. The van der Waals surface area contributed by atoms with Gasteiger partial charge in [0.05, 0.1) is 6.10 Å². The molecule has 1 saturated heterocycles. The van der Waals surface area contributed by atoms with E-state index in [9.17, 15) is 5.11 Å². The number of aliphatic hydroxyl groups excluding tert-OH is 1. The first-order valence-corrected chi connectivity index (χ1v) is 6.50. The second kappa shape index (κ2) is 5.05. The zero-order chi connectivity index (χ0) is 12.4. The molecule has 1 aromatic heterocycles. The van der Waals surface area contributed by atoms with Gasteiger partial charge in [-0.1, -0.05) is 19.9 Å². The van der Waals surface area contributed by atoms with E-state index in [1.54, 1.807) is 13.1 Å². The molecule has 94 valence electrons. The normalized spacial score (nSPS) is 22.2. The van der Waals surface area contributed by atoms with Gasteiger partial charge in [0.1, 0.15) is 5.82 Å². The van der Waals surface area contributed by atoms with Gasteiger partial charge in [0, 0.05) is 18.8 Å². The van der Waals surface area contributed by atoms with Gasteiger partial charge in [-0.25, -0.2) is 4.98 Å². The molecule has 17 heavy (non-hydrogen) atoms. The monoisotopic (exact) mass is 234 g/mol. The van der Waals surface area contributed by atoms with Crippen molar-refractivity contribution in [3.8, 4) is 0 Å². The lowest BCUT2D eigenvalue weighted by atomic mass is 10.0. The van der Waals surface area contributed by atoms with Gasteiger partial charge in [0.15, 0.2) is 0 Å². The summed E-state index contributed by atoms with van der Waals surface area (Å²) in [6, 6.07) is 4.62. The Bertz CT molecular complexity index is 359. The van der Waals surface area contributed by atoms with Crippen LogP contribution < -0.4 is 4.90 Å². The molecule has 1 aliphatic heterocycles. The quantitative estimate of drug-likeness (QED) is 0.873. The van der Waals surface area contributed by atoms with Crippen molar-refractivity contribution in [2.75, 3.05) is 11.4 Å². The molecule has 3 nitrogen and oxygen atoms in total. The topological polar surface area (TPSA) is 36.4 Å². The summed E-state index contributed by atoms with van der Waals surface area (Å²) >= 11 is 0. The van der Waals surface area contributed by atoms with Crippen molar-refractivity contribution in [1.29, 1.82) is 0 Å². The minimum absolute atomic E-state index is 0.434. The number of pyridine rings is 1. The van der Waals surface area contributed by atoms with E-state index >= 15 is 0 Å². The van der Waals surface area contributed by atoms with Crippen LogP contribution in [-0.2, 0) is 0 Å². The summed E-state index contributed by atoms with van der Waals surface area (Å²) in [5.74, 6) is 1.71. The number of aliphatic hydroxyl groups is 1. The highest BCUT2D eigenvalue weighted by atomic mass is 16.3. The summed E-state index contributed by atoms with van der Waals surface area (Å²) in [4.78, 5) is 6.88. The maximum absolute atomic E-state index is 9.47. The summed E-state index contributed by atoms with van der Waals surface area (Å²) in [6.07, 6.45) is 3.87. The molecule has 1 aromatic rings. The lowest BCUT2D eigenvalue weighted by molar-refractivity contribution is 0.199. The van der Waals surface area contributed by atoms with Crippen LogP contribution in [0.25, 0.3) is 0 Å². The number of anilines is 1. The number of hydrogen-bond acceptors (Lipinski definition) is 3. The Morgan fingerprint density at radius 3 is 2.65 bits per heavy atom. The van der Waals surface area contributed by atoms with Crippen molar-refractivity contribution in [1.82, 2.24) is 4.98 Å². The second-order valence-corrected chi connectivity index (χ2v) is 5.27. The number of rotatable bonds is 3. The molecule has 1 fully saturated rings. The van der Waals surface area contributed by atoms with E-state index < -0.39 is 6.10 Å². The van der Waals surface area contributed by atoms with Crippen LogP contribution in [0.4, 0.5) is 5.82 Å². The molecule has 3 heteroatoms. The van der Waals surface area contributed by atoms with Crippen LogP contribution >= 0.6 is 0 Å². The maximum atomic E-state index is 9.47. The average molecular weight is 234 g/mol. The lowest BCUT2D eigenvalue weighted by Crippen LogP contribution is -2.33. The standard InChI is InChI=1S/C14H22N2O/c1-10(2)13-5-4-8-16(13)14-7-6-12(9-15-14)11(3)17/h6-7,9-11,13,17H,4-5,8H2,1-3H3/t11-,13?/m1/s1. The number of hydrogen-bond donors (Lipinski definition) is 1. The maximum Gasteiger partial charge on any atom is 0.128 e. The molecule has 0 bridgehead atoms. The molecule has 1 unspecified atom stereocenters. The Hall–Kier alpha value is -1.09. The van der Waals surface area contributed by atoms with Crippen molar-refractivity contribution in [3.05, 3.63) is 23.9 Å². The third-order valence-corrected chi connectivity index (χ3v) is 3.62. The SMILES string of the molecule is CC(C)C1CCCN1c1ccc([C@@H](C)O)cn1. The first-order chi connectivity index (χ1) is 8.09. The Labute approximate surface area is 103 Å². The van der Waals surface area contributed by atoms with Crippen molar-refractivity contribution in [3.63, 3.8) is 0 Å².